The molecule has 1 aromatic heterocycles. The number of nitrogens with zero attached hydrogens (tertiary/aromatic N) is 3. The van der Waals surface area contributed by atoms with E-state index in [0.717, 1.165) is 6.42 Å². The molecule has 0 radical (unpaired) electrons. The molecular weight excluding hydrogens is 454 g/mol. The molecule has 1 atom stereocenters. The largest absolute Gasteiger partial charge is 0.493 e. The zero-order valence-electron chi connectivity index (χ0n) is 18.0. The molecular formula is C22H24ClN3O5S. The highest BCUT2D eigenvalue weighted by Gasteiger charge is 2.34. The number of aromatic nitrogens is 2. The first kappa shape index (κ1) is 22.6. The Hall–Kier alpha value is -2.62. The van der Waals surface area contributed by atoms with Crippen LogP contribution in [0.15, 0.2) is 45.8 Å². The SMILES string of the molecule is COc1ccc(-c2noc([C@H]3CCCN(S(=O)(=O)c4cccc(Cl)c4C)C3)n2)cc1OC. The predicted molar refractivity (Wildman–Crippen MR) is 120 cm³/mol. The molecule has 0 unspecified atom stereocenters. The summed E-state index contributed by atoms with van der Waals surface area (Å²) >= 11 is 6.15. The molecule has 0 aliphatic carbocycles. The first-order valence-electron chi connectivity index (χ1n) is 10.2. The van der Waals surface area contributed by atoms with E-state index in [1.807, 2.05) is 6.07 Å². The number of hydrogen-bond acceptors (Lipinski definition) is 7. The van der Waals surface area contributed by atoms with Crippen molar-refractivity contribution in [3.63, 3.8) is 0 Å². The van der Waals surface area contributed by atoms with Crippen LogP contribution in [0.4, 0.5) is 0 Å². The van der Waals surface area contributed by atoms with Gasteiger partial charge in [0.2, 0.25) is 21.7 Å². The first-order valence-corrected chi connectivity index (χ1v) is 12.0. The molecule has 1 aliphatic heterocycles. The van der Waals surface area contributed by atoms with Gasteiger partial charge < -0.3 is 14.0 Å². The van der Waals surface area contributed by atoms with Gasteiger partial charge in [-0.2, -0.15) is 9.29 Å². The van der Waals surface area contributed by atoms with Gasteiger partial charge in [0.05, 0.1) is 25.0 Å². The molecule has 32 heavy (non-hydrogen) atoms. The van der Waals surface area contributed by atoms with Gasteiger partial charge in [0.1, 0.15) is 0 Å². The standard InChI is InChI=1S/C22H24ClN3O5S/c1-14-17(23)7-4-8-20(14)32(27,28)26-11-5-6-16(13-26)22-24-21(25-31-22)15-9-10-18(29-2)19(12-15)30-3/h4,7-10,12,16H,5-6,11,13H2,1-3H3/t16-/m0/s1. The Morgan fingerprint density at radius 2 is 1.94 bits per heavy atom. The number of piperidine rings is 1. The van der Waals surface area contributed by atoms with Crippen LogP contribution in [0.2, 0.25) is 5.02 Å². The van der Waals surface area contributed by atoms with Crippen LogP contribution in [0, 0.1) is 6.92 Å². The third-order valence-electron chi connectivity index (χ3n) is 5.65. The number of hydrogen-bond donors (Lipinski definition) is 0. The molecule has 10 heteroatoms. The Bertz CT molecular complexity index is 1230. The van der Waals surface area contributed by atoms with Gasteiger partial charge in [-0.3, -0.25) is 0 Å². The number of sulfonamides is 1. The van der Waals surface area contributed by atoms with E-state index in [9.17, 15) is 8.42 Å². The molecule has 0 spiro atoms. The van der Waals surface area contributed by atoms with Crippen molar-refractivity contribution < 1.29 is 22.4 Å². The minimum Gasteiger partial charge on any atom is -0.493 e. The molecule has 170 valence electrons. The van der Waals surface area contributed by atoms with E-state index >= 15 is 0 Å². The van der Waals surface area contributed by atoms with E-state index in [4.69, 9.17) is 25.6 Å². The third-order valence-corrected chi connectivity index (χ3v) is 8.07. The van der Waals surface area contributed by atoms with Crippen LogP contribution in [0.5, 0.6) is 11.5 Å². The maximum Gasteiger partial charge on any atom is 0.243 e. The molecule has 0 amide bonds. The number of rotatable bonds is 6. The molecule has 1 saturated heterocycles. The summed E-state index contributed by atoms with van der Waals surface area (Å²) in [6, 6.07) is 10.3. The van der Waals surface area contributed by atoms with Crippen LogP contribution in [0.25, 0.3) is 11.4 Å². The lowest BCUT2D eigenvalue weighted by Crippen LogP contribution is -2.39. The average molecular weight is 478 g/mol. The van der Waals surface area contributed by atoms with Gasteiger partial charge in [-0.05, 0) is 55.7 Å². The Labute approximate surface area is 192 Å². The molecule has 4 rings (SSSR count). The first-order chi connectivity index (χ1) is 15.3. The normalized spacial score (nSPS) is 17.3. The van der Waals surface area contributed by atoms with Crippen LogP contribution in [-0.2, 0) is 10.0 Å². The van der Waals surface area contributed by atoms with E-state index in [1.165, 1.54) is 4.31 Å². The van der Waals surface area contributed by atoms with Crippen molar-refractivity contribution in [1.29, 1.82) is 0 Å². The monoisotopic (exact) mass is 477 g/mol. The number of ether oxygens (including phenoxy) is 2. The van der Waals surface area contributed by atoms with Crippen molar-refractivity contribution in [2.75, 3.05) is 27.3 Å². The molecule has 3 aromatic rings. The lowest BCUT2D eigenvalue weighted by Gasteiger charge is -2.30. The zero-order valence-corrected chi connectivity index (χ0v) is 19.6. The van der Waals surface area contributed by atoms with Crippen molar-refractivity contribution in [3.8, 4) is 22.9 Å². The number of methoxy groups -OCH3 is 2. The van der Waals surface area contributed by atoms with Gasteiger partial charge in [-0.1, -0.05) is 22.8 Å². The highest BCUT2D eigenvalue weighted by molar-refractivity contribution is 7.89. The molecule has 1 aliphatic rings. The van der Waals surface area contributed by atoms with Crippen LogP contribution in [-0.4, -0.2) is 50.2 Å². The van der Waals surface area contributed by atoms with Crippen LogP contribution in [0.3, 0.4) is 0 Å². The van der Waals surface area contributed by atoms with Crippen molar-refractivity contribution in [2.45, 2.75) is 30.6 Å². The summed E-state index contributed by atoms with van der Waals surface area (Å²) in [7, 11) is -0.565. The fourth-order valence-electron chi connectivity index (χ4n) is 3.86. The van der Waals surface area contributed by atoms with Crippen LogP contribution in [0.1, 0.15) is 30.2 Å². The number of benzene rings is 2. The van der Waals surface area contributed by atoms with Gasteiger partial charge in [0.25, 0.3) is 0 Å². The van der Waals surface area contributed by atoms with Crippen molar-refractivity contribution >= 4 is 21.6 Å². The van der Waals surface area contributed by atoms with Gasteiger partial charge in [0, 0.05) is 23.7 Å². The summed E-state index contributed by atoms with van der Waals surface area (Å²) in [5.74, 6) is 1.79. The Morgan fingerprint density at radius 1 is 1.16 bits per heavy atom. The molecule has 2 heterocycles. The molecule has 2 aromatic carbocycles. The van der Waals surface area contributed by atoms with Gasteiger partial charge in [-0.25, -0.2) is 8.42 Å². The van der Waals surface area contributed by atoms with E-state index in [-0.39, 0.29) is 17.4 Å². The van der Waals surface area contributed by atoms with Gasteiger partial charge >= 0.3 is 0 Å². The fourth-order valence-corrected chi connectivity index (χ4v) is 5.86. The third kappa shape index (κ3) is 4.20. The summed E-state index contributed by atoms with van der Waals surface area (Å²) in [6.45, 7) is 2.41. The minimum atomic E-state index is -3.69. The second kappa shape index (κ2) is 9.09. The fraction of sp³-hybridized carbons (Fsp3) is 0.364. The summed E-state index contributed by atoms with van der Waals surface area (Å²) in [6.07, 6.45) is 1.45. The zero-order chi connectivity index (χ0) is 22.9. The summed E-state index contributed by atoms with van der Waals surface area (Å²) in [4.78, 5) is 4.76. The van der Waals surface area contributed by atoms with Crippen molar-refractivity contribution in [3.05, 3.63) is 52.9 Å². The Kier molecular flexibility index (Phi) is 6.41. The molecule has 8 nitrogen and oxygen atoms in total. The molecule has 0 saturated carbocycles. The topological polar surface area (TPSA) is 94.8 Å². The van der Waals surface area contributed by atoms with Crippen molar-refractivity contribution in [1.82, 2.24) is 14.4 Å². The van der Waals surface area contributed by atoms with Crippen LogP contribution < -0.4 is 9.47 Å². The summed E-state index contributed by atoms with van der Waals surface area (Å²) in [5.41, 5.74) is 1.26. The Balaban J connectivity index is 1.57. The lowest BCUT2D eigenvalue weighted by molar-refractivity contribution is 0.265. The number of halogens is 1. The summed E-state index contributed by atoms with van der Waals surface area (Å²) in [5, 5.41) is 4.52. The lowest BCUT2D eigenvalue weighted by atomic mass is 10.00. The highest BCUT2D eigenvalue weighted by atomic mass is 35.5. The molecule has 0 N–H and O–H groups in total. The molecule has 1 fully saturated rings. The average Bonchev–Trinajstić information content (AvgIpc) is 3.30. The second-order valence-corrected chi connectivity index (χ2v) is 9.90. The van der Waals surface area contributed by atoms with Gasteiger partial charge in [-0.15, -0.1) is 0 Å². The molecule has 0 bridgehead atoms. The smallest absolute Gasteiger partial charge is 0.243 e. The van der Waals surface area contributed by atoms with Crippen LogP contribution >= 0.6 is 11.6 Å². The Morgan fingerprint density at radius 3 is 2.69 bits per heavy atom. The van der Waals surface area contributed by atoms with E-state index in [2.05, 4.69) is 10.1 Å². The van der Waals surface area contributed by atoms with E-state index in [1.54, 1.807) is 51.5 Å². The quantitative estimate of drug-likeness (QED) is 0.522. The second-order valence-electron chi connectivity index (χ2n) is 7.59. The highest BCUT2D eigenvalue weighted by Crippen LogP contribution is 2.34. The maximum atomic E-state index is 13.3. The maximum absolute atomic E-state index is 13.3. The van der Waals surface area contributed by atoms with Crippen molar-refractivity contribution in [2.24, 2.45) is 0 Å². The summed E-state index contributed by atoms with van der Waals surface area (Å²) < 4.78 is 44.1. The predicted octanol–water partition coefficient (Wildman–Crippen LogP) is 4.28. The van der Waals surface area contributed by atoms with E-state index < -0.39 is 10.0 Å². The van der Waals surface area contributed by atoms with E-state index in [0.29, 0.717) is 52.3 Å². The van der Waals surface area contributed by atoms with Gasteiger partial charge in [0.15, 0.2) is 11.5 Å². The minimum absolute atomic E-state index is 0.195.